The van der Waals surface area contributed by atoms with Gasteiger partial charge in [-0.15, -0.1) is 0 Å². The third-order valence-corrected chi connectivity index (χ3v) is 2.57. The van der Waals surface area contributed by atoms with Gasteiger partial charge in [-0.3, -0.25) is 20.2 Å². The van der Waals surface area contributed by atoms with E-state index in [1.807, 2.05) is 6.92 Å². The van der Waals surface area contributed by atoms with Crippen LogP contribution in [0.1, 0.15) is 13.3 Å². The van der Waals surface area contributed by atoms with Crippen LogP contribution >= 0.6 is 0 Å². The number of anilines is 1. The van der Waals surface area contributed by atoms with Gasteiger partial charge < -0.3 is 10.0 Å². The quantitative estimate of drug-likeness (QED) is 0.596. The summed E-state index contributed by atoms with van der Waals surface area (Å²) in [6.45, 7) is 2.53. The van der Waals surface area contributed by atoms with E-state index in [2.05, 4.69) is 0 Å². The monoisotopic (exact) mass is 269 g/mol. The Morgan fingerprint density at radius 2 is 1.89 bits per heavy atom. The molecule has 1 N–H and O–H groups in total. The van der Waals surface area contributed by atoms with Crippen molar-refractivity contribution in [2.45, 2.75) is 13.3 Å². The van der Waals surface area contributed by atoms with Gasteiger partial charge >= 0.3 is 0 Å². The first-order valence-electron chi connectivity index (χ1n) is 5.79. The van der Waals surface area contributed by atoms with E-state index in [9.17, 15) is 20.2 Å². The number of nitro benzene ring substituents is 2. The van der Waals surface area contributed by atoms with E-state index in [1.54, 1.807) is 4.90 Å². The third-order valence-electron chi connectivity index (χ3n) is 2.57. The molecule has 0 bridgehead atoms. The molecule has 0 saturated carbocycles. The summed E-state index contributed by atoms with van der Waals surface area (Å²) in [5, 5.41) is 30.6. The Kier molecular flexibility index (Phi) is 5.19. The van der Waals surface area contributed by atoms with Gasteiger partial charge in [0.25, 0.3) is 11.4 Å². The molecule has 8 nitrogen and oxygen atoms in total. The minimum Gasteiger partial charge on any atom is -0.395 e. The highest BCUT2D eigenvalue weighted by Crippen LogP contribution is 2.31. The standard InChI is InChI=1S/C11H15N3O5/c1-2-5-12(6-7-15)10-4-3-9(13(16)17)8-11(10)14(18)19/h3-4,8,15H,2,5-7H2,1H3. The van der Waals surface area contributed by atoms with Crippen molar-refractivity contribution >= 4 is 17.1 Å². The lowest BCUT2D eigenvalue weighted by Gasteiger charge is -2.22. The maximum absolute atomic E-state index is 11.0. The fraction of sp³-hybridized carbons (Fsp3) is 0.455. The molecular formula is C11H15N3O5. The van der Waals surface area contributed by atoms with E-state index >= 15 is 0 Å². The van der Waals surface area contributed by atoms with Gasteiger partial charge in [0.1, 0.15) is 5.69 Å². The van der Waals surface area contributed by atoms with E-state index in [0.717, 1.165) is 12.5 Å². The second-order valence-electron chi connectivity index (χ2n) is 3.90. The highest BCUT2D eigenvalue weighted by Gasteiger charge is 2.22. The number of hydrogen-bond donors (Lipinski definition) is 1. The van der Waals surface area contributed by atoms with Crippen molar-refractivity contribution in [1.29, 1.82) is 0 Å². The minimum atomic E-state index is -0.674. The van der Waals surface area contributed by atoms with Crippen LogP contribution in [0.3, 0.4) is 0 Å². The van der Waals surface area contributed by atoms with Crippen LogP contribution in [-0.4, -0.2) is 34.6 Å². The average Bonchev–Trinajstić information content (AvgIpc) is 2.37. The second kappa shape index (κ2) is 6.64. The SMILES string of the molecule is CCCN(CCO)c1ccc([N+](=O)[O-])cc1[N+](=O)[O-]. The molecule has 19 heavy (non-hydrogen) atoms. The van der Waals surface area contributed by atoms with Crippen molar-refractivity contribution < 1.29 is 15.0 Å². The first kappa shape index (κ1) is 14.8. The highest BCUT2D eigenvalue weighted by molar-refractivity contribution is 5.66. The molecular weight excluding hydrogens is 254 g/mol. The molecule has 0 aliphatic carbocycles. The zero-order valence-corrected chi connectivity index (χ0v) is 10.5. The molecule has 0 spiro atoms. The normalized spacial score (nSPS) is 10.2. The second-order valence-corrected chi connectivity index (χ2v) is 3.90. The summed E-state index contributed by atoms with van der Waals surface area (Å²) in [4.78, 5) is 22.0. The summed E-state index contributed by atoms with van der Waals surface area (Å²) in [6.07, 6.45) is 0.744. The molecule has 1 aromatic carbocycles. The van der Waals surface area contributed by atoms with Gasteiger partial charge in [0, 0.05) is 19.2 Å². The number of hydrogen-bond acceptors (Lipinski definition) is 6. The zero-order valence-electron chi connectivity index (χ0n) is 10.5. The highest BCUT2D eigenvalue weighted by atomic mass is 16.6. The number of benzene rings is 1. The third kappa shape index (κ3) is 3.62. The van der Waals surface area contributed by atoms with E-state index in [4.69, 9.17) is 5.11 Å². The van der Waals surface area contributed by atoms with Crippen molar-refractivity contribution in [1.82, 2.24) is 0 Å². The van der Waals surface area contributed by atoms with Gasteiger partial charge in [-0.2, -0.15) is 0 Å². The number of nitrogens with zero attached hydrogens (tertiary/aromatic N) is 3. The maximum atomic E-state index is 11.0. The Labute approximate surface area is 109 Å². The first-order chi connectivity index (χ1) is 9.01. The largest absolute Gasteiger partial charge is 0.395 e. The summed E-state index contributed by atoms with van der Waals surface area (Å²) in [6, 6.07) is 3.51. The number of nitro groups is 2. The average molecular weight is 269 g/mol. The molecule has 0 aliphatic rings. The summed E-state index contributed by atoms with van der Waals surface area (Å²) in [7, 11) is 0. The fourth-order valence-corrected chi connectivity index (χ4v) is 1.78. The minimum absolute atomic E-state index is 0.145. The Morgan fingerprint density at radius 3 is 2.37 bits per heavy atom. The van der Waals surface area contributed by atoms with Crippen molar-refractivity contribution in [3.8, 4) is 0 Å². The van der Waals surface area contributed by atoms with Gasteiger partial charge in [-0.05, 0) is 12.5 Å². The Balaban J connectivity index is 3.24. The molecule has 104 valence electrons. The first-order valence-corrected chi connectivity index (χ1v) is 5.79. The molecule has 0 radical (unpaired) electrons. The van der Waals surface area contributed by atoms with Gasteiger partial charge in [0.05, 0.1) is 22.5 Å². The number of aliphatic hydroxyl groups is 1. The van der Waals surface area contributed by atoms with Crippen molar-refractivity contribution in [2.24, 2.45) is 0 Å². The van der Waals surface area contributed by atoms with Crippen molar-refractivity contribution in [2.75, 3.05) is 24.6 Å². The van der Waals surface area contributed by atoms with Crippen molar-refractivity contribution in [3.63, 3.8) is 0 Å². The van der Waals surface area contributed by atoms with Gasteiger partial charge in [-0.1, -0.05) is 6.92 Å². The number of non-ortho nitro benzene ring substituents is 1. The van der Waals surface area contributed by atoms with Gasteiger partial charge in [0.2, 0.25) is 0 Å². The van der Waals surface area contributed by atoms with E-state index in [-0.39, 0.29) is 30.2 Å². The van der Waals surface area contributed by atoms with Crippen LogP contribution in [0.4, 0.5) is 17.1 Å². The van der Waals surface area contributed by atoms with Crippen LogP contribution < -0.4 is 4.90 Å². The molecule has 0 heterocycles. The smallest absolute Gasteiger partial charge is 0.299 e. The molecule has 0 fully saturated rings. The van der Waals surface area contributed by atoms with Gasteiger partial charge in [-0.25, -0.2) is 0 Å². The topological polar surface area (TPSA) is 110 Å². The summed E-state index contributed by atoms with van der Waals surface area (Å²) in [5.41, 5.74) is -0.363. The molecule has 0 amide bonds. The lowest BCUT2D eigenvalue weighted by Crippen LogP contribution is -2.28. The summed E-state index contributed by atoms with van der Waals surface area (Å²) >= 11 is 0. The molecule has 0 aromatic heterocycles. The predicted octanol–water partition coefficient (Wildman–Crippen LogP) is 1.71. The molecule has 0 atom stereocenters. The summed E-state index contributed by atoms with van der Waals surface area (Å²) in [5.74, 6) is 0. The van der Waals surface area contributed by atoms with E-state index in [0.29, 0.717) is 6.54 Å². The van der Waals surface area contributed by atoms with Crippen LogP contribution in [0.15, 0.2) is 18.2 Å². The van der Waals surface area contributed by atoms with Crippen LogP contribution in [0.5, 0.6) is 0 Å². The van der Waals surface area contributed by atoms with E-state index in [1.165, 1.54) is 12.1 Å². The number of rotatable bonds is 7. The Bertz CT molecular complexity index is 471. The van der Waals surface area contributed by atoms with Gasteiger partial charge in [0.15, 0.2) is 0 Å². The van der Waals surface area contributed by atoms with Crippen LogP contribution in [0.2, 0.25) is 0 Å². The zero-order chi connectivity index (χ0) is 14.4. The maximum Gasteiger partial charge on any atom is 0.299 e. The van der Waals surface area contributed by atoms with Crippen LogP contribution in [0, 0.1) is 20.2 Å². The molecule has 0 unspecified atom stereocenters. The Morgan fingerprint density at radius 1 is 1.21 bits per heavy atom. The van der Waals surface area contributed by atoms with E-state index < -0.39 is 9.85 Å². The van der Waals surface area contributed by atoms with Crippen LogP contribution in [-0.2, 0) is 0 Å². The lowest BCUT2D eigenvalue weighted by molar-refractivity contribution is -0.393. The van der Waals surface area contributed by atoms with Crippen LogP contribution in [0.25, 0.3) is 0 Å². The molecule has 1 rings (SSSR count). The molecule has 1 aromatic rings. The van der Waals surface area contributed by atoms with Crippen molar-refractivity contribution in [3.05, 3.63) is 38.4 Å². The fourth-order valence-electron chi connectivity index (χ4n) is 1.78. The molecule has 0 aliphatic heterocycles. The Hall–Kier alpha value is -2.22. The summed E-state index contributed by atoms with van der Waals surface area (Å²) < 4.78 is 0. The molecule has 8 heteroatoms. The number of aliphatic hydroxyl groups excluding tert-OH is 1. The predicted molar refractivity (Wildman–Crippen MR) is 69.3 cm³/mol. The molecule has 0 saturated heterocycles. The lowest BCUT2D eigenvalue weighted by atomic mass is 10.2.